The number of carbonyl (C=O) groups excluding carboxylic acids is 1. The molecule has 34 heavy (non-hydrogen) atoms. The van der Waals surface area contributed by atoms with Crippen LogP contribution in [0.15, 0.2) is 40.3 Å². The SMILES string of the molecule is CCC(=C1CCN(c2ncccn2)CC1)c1scc(C(=O)NCc2c(C)cc(C)[nH]c2=O)c1C. The number of aryl methyl sites for hydroxylation is 2. The molecule has 0 radical (unpaired) electrons. The number of hydrogen-bond donors (Lipinski definition) is 2. The number of pyridine rings is 1. The van der Waals surface area contributed by atoms with Gasteiger partial charge < -0.3 is 15.2 Å². The molecule has 2 N–H and O–H groups in total. The maximum Gasteiger partial charge on any atom is 0.253 e. The molecule has 1 aliphatic rings. The fraction of sp³-hybridized carbons (Fsp3) is 0.385. The van der Waals surface area contributed by atoms with Gasteiger partial charge in [0.2, 0.25) is 5.95 Å². The summed E-state index contributed by atoms with van der Waals surface area (Å²) in [5.74, 6) is 0.643. The molecule has 0 atom stereocenters. The zero-order chi connectivity index (χ0) is 24.2. The van der Waals surface area contributed by atoms with E-state index in [0.29, 0.717) is 11.1 Å². The molecule has 1 amide bonds. The Labute approximate surface area is 204 Å². The van der Waals surface area contributed by atoms with Crippen LogP contribution in [0.1, 0.15) is 63.8 Å². The summed E-state index contributed by atoms with van der Waals surface area (Å²) in [5.41, 5.74) is 6.64. The van der Waals surface area contributed by atoms with E-state index in [9.17, 15) is 9.59 Å². The Hall–Kier alpha value is -3.26. The smallest absolute Gasteiger partial charge is 0.253 e. The fourth-order valence-electron chi connectivity index (χ4n) is 4.61. The number of amides is 1. The van der Waals surface area contributed by atoms with Crippen LogP contribution in [0.2, 0.25) is 0 Å². The maximum absolute atomic E-state index is 13.0. The van der Waals surface area contributed by atoms with Crippen LogP contribution in [0.4, 0.5) is 5.95 Å². The molecule has 4 rings (SSSR count). The van der Waals surface area contributed by atoms with E-state index in [-0.39, 0.29) is 18.0 Å². The first-order valence-electron chi connectivity index (χ1n) is 11.7. The highest BCUT2D eigenvalue weighted by atomic mass is 32.1. The van der Waals surface area contributed by atoms with Crippen LogP contribution in [0.25, 0.3) is 5.57 Å². The molecule has 0 unspecified atom stereocenters. The molecule has 0 bridgehead atoms. The van der Waals surface area contributed by atoms with Crippen LogP contribution in [-0.4, -0.2) is 33.9 Å². The molecule has 1 aliphatic heterocycles. The summed E-state index contributed by atoms with van der Waals surface area (Å²) in [4.78, 5) is 40.2. The third kappa shape index (κ3) is 4.97. The number of anilines is 1. The van der Waals surface area contributed by atoms with Crippen molar-refractivity contribution < 1.29 is 4.79 Å². The molecule has 1 fully saturated rings. The van der Waals surface area contributed by atoms with Gasteiger partial charge >= 0.3 is 0 Å². The number of thiophene rings is 1. The standard InChI is InChI=1S/C26H31N5O2S/c1-5-20(19-7-11-31(12-8-19)26-27-9-6-10-28-26)23-18(4)22(15-34-23)24(32)29-14-21-16(2)13-17(3)30-25(21)33/h6,9-10,13,15H,5,7-8,11-12,14H2,1-4H3,(H,29,32)(H,30,33). The topological polar surface area (TPSA) is 91.0 Å². The van der Waals surface area contributed by atoms with Crippen LogP contribution in [-0.2, 0) is 6.54 Å². The van der Waals surface area contributed by atoms with Crippen LogP contribution in [0.5, 0.6) is 0 Å². The van der Waals surface area contributed by atoms with E-state index >= 15 is 0 Å². The normalized spacial score (nSPS) is 13.8. The van der Waals surface area contributed by atoms with Gasteiger partial charge in [-0.25, -0.2) is 9.97 Å². The largest absolute Gasteiger partial charge is 0.348 e. The van der Waals surface area contributed by atoms with Crippen molar-refractivity contribution in [1.29, 1.82) is 0 Å². The van der Waals surface area contributed by atoms with E-state index in [1.54, 1.807) is 23.7 Å². The van der Waals surface area contributed by atoms with E-state index in [1.807, 2.05) is 38.3 Å². The van der Waals surface area contributed by atoms with E-state index < -0.39 is 0 Å². The van der Waals surface area contributed by atoms with Crippen LogP contribution < -0.4 is 15.8 Å². The average molecular weight is 478 g/mol. The van der Waals surface area contributed by atoms with Gasteiger partial charge in [0.15, 0.2) is 0 Å². The molecule has 0 spiro atoms. The van der Waals surface area contributed by atoms with E-state index in [0.717, 1.165) is 55.1 Å². The molecule has 3 aromatic heterocycles. The van der Waals surface area contributed by atoms with Gasteiger partial charge in [0.1, 0.15) is 0 Å². The van der Waals surface area contributed by atoms with Gasteiger partial charge in [-0.1, -0.05) is 12.5 Å². The first-order chi connectivity index (χ1) is 16.4. The van der Waals surface area contributed by atoms with Crippen LogP contribution >= 0.6 is 11.3 Å². The predicted molar refractivity (Wildman–Crippen MR) is 137 cm³/mol. The lowest BCUT2D eigenvalue weighted by molar-refractivity contribution is 0.0950. The zero-order valence-electron chi connectivity index (χ0n) is 20.2. The second-order valence-corrected chi connectivity index (χ2v) is 9.58. The first-order valence-corrected chi connectivity index (χ1v) is 12.6. The number of aromatic nitrogens is 3. The molecule has 0 aliphatic carbocycles. The van der Waals surface area contributed by atoms with Crippen molar-refractivity contribution in [3.8, 4) is 0 Å². The summed E-state index contributed by atoms with van der Waals surface area (Å²) in [6, 6.07) is 3.76. The Morgan fingerprint density at radius 2 is 1.88 bits per heavy atom. The van der Waals surface area contributed by atoms with Gasteiger partial charge in [0.25, 0.3) is 11.5 Å². The number of hydrogen-bond acceptors (Lipinski definition) is 6. The van der Waals surface area contributed by atoms with Crippen molar-refractivity contribution in [3.05, 3.63) is 78.7 Å². The Morgan fingerprint density at radius 1 is 1.18 bits per heavy atom. The van der Waals surface area contributed by atoms with Gasteiger partial charge in [0, 0.05) is 53.5 Å². The highest BCUT2D eigenvalue weighted by molar-refractivity contribution is 7.11. The molecule has 0 saturated carbocycles. The van der Waals surface area contributed by atoms with Gasteiger partial charge in [-0.2, -0.15) is 0 Å². The fourth-order valence-corrected chi connectivity index (χ4v) is 5.84. The molecule has 4 heterocycles. The molecule has 178 valence electrons. The Bertz CT molecular complexity index is 1270. The minimum absolute atomic E-state index is 0.143. The van der Waals surface area contributed by atoms with Crippen molar-refractivity contribution >= 4 is 28.8 Å². The predicted octanol–water partition coefficient (Wildman–Crippen LogP) is 4.55. The lowest BCUT2D eigenvalue weighted by Gasteiger charge is -2.29. The molecule has 8 heteroatoms. The lowest BCUT2D eigenvalue weighted by Crippen LogP contribution is -2.32. The molecular formula is C26H31N5O2S. The highest BCUT2D eigenvalue weighted by Crippen LogP contribution is 2.36. The van der Waals surface area contributed by atoms with E-state index in [4.69, 9.17) is 0 Å². The molecule has 7 nitrogen and oxygen atoms in total. The molecule has 3 aromatic rings. The summed E-state index contributed by atoms with van der Waals surface area (Å²) >= 11 is 1.63. The van der Waals surface area contributed by atoms with Crippen LogP contribution in [0, 0.1) is 20.8 Å². The minimum atomic E-state index is -0.147. The number of nitrogens with one attached hydrogen (secondary N) is 2. The monoisotopic (exact) mass is 477 g/mol. The Morgan fingerprint density at radius 3 is 2.53 bits per heavy atom. The van der Waals surface area contributed by atoms with Gasteiger partial charge in [-0.15, -0.1) is 11.3 Å². The second-order valence-electron chi connectivity index (χ2n) is 8.70. The van der Waals surface area contributed by atoms with E-state index in [2.05, 4.69) is 32.1 Å². The lowest BCUT2D eigenvalue weighted by atomic mass is 9.93. The highest BCUT2D eigenvalue weighted by Gasteiger charge is 2.22. The third-order valence-electron chi connectivity index (χ3n) is 6.46. The van der Waals surface area contributed by atoms with Crippen LogP contribution in [0.3, 0.4) is 0 Å². The van der Waals surface area contributed by atoms with E-state index in [1.165, 1.54) is 16.0 Å². The third-order valence-corrected chi connectivity index (χ3v) is 7.60. The summed E-state index contributed by atoms with van der Waals surface area (Å²) in [6.07, 6.45) is 6.43. The molecule has 1 saturated heterocycles. The minimum Gasteiger partial charge on any atom is -0.348 e. The Kier molecular flexibility index (Phi) is 7.26. The zero-order valence-corrected chi connectivity index (χ0v) is 21.0. The van der Waals surface area contributed by atoms with Crippen molar-refractivity contribution in [2.45, 2.75) is 53.5 Å². The van der Waals surface area contributed by atoms with Gasteiger partial charge in [-0.3, -0.25) is 9.59 Å². The van der Waals surface area contributed by atoms with Crippen molar-refractivity contribution in [2.24, 2.45) is 0 Å². The number of carbonyl (C=O) groups is 1. The molecular weight excluding hydrogens is 446 g/mol. The Balaban J connectivity index is 1.48. The first kappa shape index (κ1) is 23.9. The van der Waals surface area contributed by atoms with Crippen molar-refractivity contribution in [3.63, 3.8) is 0 Å². The maximum atomic E-state index is 13.0. The molecule has 0 aromatic carbocycles. The number of allylic oxidation sites excluding steroid dienone is 1. The average Bonchev–Trinajstić information content (AvgIpc) is 3.21. The van der Waals surface area contributed by atoms with Gasteiger partial charge in [-0.05, 0) is 68.9 Å². The summed E-state index contributed by atoms with van der Waals surface area (Å²) in [7, 11) is 0. The quantitative estimate of drug-likeness (QED) is 0.544. The number of nitrogens with zero attached hydrogens (tertiary/aromatic N) is 3. The summed E-state index contributed by atoms with van der Waals surface area (Å²) < 4.78 is 0. The second kappa shape index (κ2) is 10.3. The van der Waals surface area contributed by atoms with Crippen molar-refractivity contribution in [1.82, 2.24) is 20.3 Å². The van der Waals surface area contributed by atoms with Crippen molar-refractivity contribution in [2.75, 3.05) is 18.0 Å². The summed E-state index contributed by atoms with van der Waals surface area (Å²) in [5, 5.41) is 4.88. The number of H-pyrrole nitrogens is 1. The summed E-state index contributed by atoms with van der Waals surface area (Å²) in [6.45, 7) is 9.95. The number of rotatable bonds is 6. The number of piperidine rings is 1. The number of aromatic amines is 1. The van der Waals surface area contributed by atoms with Gasteiger partial charge in [0.05, 0.1) is 5.56 Å².